The Hall–Kier alpha value is -4.13. The molecule has 4 atom stereocenters. The van der Waals surface area contributed by atoms with Gasteiger partial charge in [0.2, 0.25) is 0 Å². The number of carbonyl (C=O) groups excluding carboxylic acids is 2. The number of hydrogen-bond donors (Lipinski definition) is 0. The fourth-order valence-electron chi connectivity index (χ4n) is 6.09. The van der Waals surface area contributed by atoms with Crippen LogP contribution >= 0.6 is 0 Å². The Labute approximate surface area is 222 Å². The van der Waals surface area contributed by atoms with Gasteiger partial charge in [-0.05, 0) is 60.0 Å². The number of rotatable bonds is 8. The summed E-state index contributed by atoms with van der Waals surface area (Å²) in [5.74, 6) is 0.428. The minimum Gasteiger partial charge on any atom is -0.497 e. The highest BCUT2D eigenvalue weighted by Crippen LogP contribution is 2.62. The summed E-state index contributed by atoms with van der Waals surface area (Å²) in [6, 6.07) is 22.4. The maximum Gasteiger partial charge on any atom is 0.335 e. The zero-order chi connectivity index (χ0) is 26.9. The van der Waals surface area contributed by atoms with Crippen LogP contribution in [-0.2, 0) is 19.7 Å². The van der Waals surface area contributed by atoms with Crippen LogP contribution in [0.5, 0.6) is 17.2 Å². The van der Waals surface area contributed by atoms with Crippen LogP contribution in [0.4, 0.5) is 0 Å². The van der Waals surface area contributed by atoms with Crippen molar-refractivity contribution < 1.29 is 28.5 Å². The van der Waals surface area contributed by atoms with Crippen molar-refractivity contribution in [1.29, 1.82) is 0 Å². The lowest BCUT2D eigenvalue weighted by Gasteiger charge is -2.48. The molecule has 0 amide bonds. The van der Waals surface area contributed by atoms with Crippen LogP contribution < -0.4 is 14.2 Å². The number of carbonyl (C=O) groups is 2. The molecule has 2 aliphatic rings. The van der Waals surface area contributed by atoms with Crippen molar-refractivity contribution >= 4 is 18.0 Å². The molecule has 0 aromatic heterocycles. The molecule has 38 heavy (non-hydrogen) atoms. The minimum atomic E-state index is -1.35. The van der Waals surface area contributed by atoms with Crippen molar-refractivity contribution in [3.05, 3.63) is 89.5 Å². The number of esters is 1. The van der Waals surface area contributed by atoms with Crippen LogP contribution in [0.1, 0.15) is 41.9 Å². The summed E-state index contributed by atoms with van der Waals surface area (Å²) in [4.78, 5) is 33.4. The highest BCUT2D eigenvalue weighted by molar-refractivity contribution is 6.14. The first kappa shape index (κ1) is 25.5. The van der Waals surface area contributed by atoms with Gasteiger partial charge in [0.25, 0.3) is 0 Å². The quantitative estimate of drug-likeness (QED) is 0.400. The van der Waals surface area contributed by atoms with Crippen LogP contribution in [0.15, 0.2) is 77.8 Å². The van der Waals surface area contributed by atoms with Gasteiger partial charge in [0.15, 0.2) is 5.54 Å². The van der Waals surface area contributed by atoms with Gasteiger partial charge in [-0.2, -0.15) is 0 Å². The minimum absolute atomic E-state index is 0.00882. The average molecular weight is 514 g/mol. The van der Waals surface area contributed by atoms with Gasteiger partial charge in [0.1, 0.15) is 23.0 Å². The molecular weight excluding hydrogens is 482 g/mol. The third-order valence-corrected chi connectivity index (χ3v) is 7.90. The molecule has 1 fully saturated rings. The van der Waals surface area contributed by atoms with E-state index in [-0.39, 0.29) is 18.8 Å². The number of ketones is 1. The fraction of sp³-hybridized carbons (Fsp3) is 0.323. The van der Waals surface area contributed by atoms with Crippen LogP contribution in [0.3, 0.4) is 0 Å². The Kier molecular flexibility index (Phi) is 6.69. The van der Waals surface area contributed by atoms with E-state index in [2.05, 4.69) is 0 Å². The molecule has 0 spiro atoms. The van der Waals surface area contributed by atoms with Gasteiger partial charge in [-0.15, -0.1) is 0 Å². The van der Waals surface area contributed by atoms with E-state index in [1.54, 1.807) is 34.5 Å². The molecule has 7 nitrogen and oxygen atoms in total. The zero-order valence-electron chi connectivity index (χ0n) is 22.0. The molecule has 1 heterocycles. The predicted molar refractivity (Wildman–Crippen MR) is 144 cm³/mol. The SMILES string of the molecule is CCOC(=O)[C@]12N=C[C@](c3ccc(OC)cc3)(C(=O)C[C@@H]1c1ccc(OC)cc1)[C@@H]2c1ccc(OC)cc1. The molecule has 0 saturated heterocycles. The summed E-state index contributed by atoms with van der Waals surface area (Å²) >= 11 is 0. The molecule has 196 valence electrons. The smallest absolute Gasteiger partial charge is 0.335 e. The first-order valence-electron chi connectivity index (χ1n) is 12.6. The maximum absolute atomic E-state index is 14.3. The van der Waals surface area contributed by atoms with E-state index >= 15 is 0 Å². The summed E-state index contributed by atoms with van der Waals surface area (Å²) in [6.07, 6.45) is 1.82. The first-order valence-corrected chi connectivity index (χ1v) is 12.6. The molecule has 3 aromatic rings. The Morgan fingerprint density at radius 2 is 1.32 bits per heavy atom. The first-order chi connectivity index (χ1) is 18.4. The monoisotopic (exact) mass is 513 g/mol. The predicted octanol–water partition coefficient (Wildman–Crippen LogP) is 4.88. The van der Waals surface area contributed by atoms with E-state index in [0.29, 0.717) is 17.2 Å². The van der Waals surface area contributed by atoms with Crippen molar-refractivity contribution in [3.8, 4) is 17.2 Å². The number of aliphatic imine (C=N–C) groups is 1. The van der Waals surface area contributed by atoms with E-state index < -0.39 is 28.8 Å². The van der Waals surface area contributed by atoms with E-state index in [9.17, 15) is 9.59 Å². The number of nitrogens with zero attached hydrogens (tertiary/aromatic N) is 1. The molecule has 0 unspecified atom stereocenters. The molecule has 5 rings (SSSR count). The van der Waals surface area contributed by atoms with Crippen molar-refractivity contribution in [2.24, 2.45) is 4.99 Å². The Bertz CT molecular complexity index is 1350. The van der Waals surface area contributed by atoms with Crippen molar-refractivity contribution in [3.63, 3.8) is 0 Å². The summed E-state index contributed by atoms with van der Waals surface area (Å²) in [5.41, 5.74) is -0.122. The Balaban J connectivity index is 1.77. The lowest BCUT2D eigenvalue weighted by Crippen LogP contribution is -2.59. The van der Waals surface area contributed by atoms with E-state index in [4.69, 9.17) is 23.9 Å². The Morgan fingerprint density at radius 3 is 1.82 bits per heavy atom. The number of benzene rings is 3. The molecule has 1 aliphatic heterocycles. The van der Waals surface area contributed by atoms with Crippen LogP contribution in [0, 0.1) is 0 Å². The molecule has 2 bridgehead atoms. The summed E-state index contributed by atoms with van der Waals surface area (Å²) in [5, 5.41) is 0. The number of ether oxygens (including phenoxy) is 4. The van der Waals surface area contributed by atoms with Crippen molar-refractivity contribution in [1.82, 2.24) is 0 Å². The third-order valence-electron chi connectivity index (χ3n) is 7.90. The highest BCUT2D eigenvalue weighted by Gasteiger charge is 2.70. The average Bonchev–Trinajstić information content (AvgIpc) is 3.27. The lowest BCUT2D eigenvalue weighted by atomic mass is 9.51. The van der Waals surface area contributed by atoms with Gasteiger partial charge < -0.3 is 18.9 Å². The largest absolute Gasteiger partial charge is 0.497 e. The fourth-order valence-corrected chi connectivity index (χ4v) is 6.09. The topological polar surface area (TPSA) is 83.4 Å². The van der Waals surface area contributed by atoms with E-state index in [1.807, 2.05) is 72.8 Å². The molecule has 0 radical (unpaired) electrons. The van der Waals surface area contributed by atoms with Crippen LogP contribution in [-0.4, -0.2) is 51.4 Å². The van der Waals surface area contributed by atoms with Crippen molar-refractivity contribution in [2.75, 3.05) is 27.9 Å². The molecule has 0 N–H and O–H groups in total. The zero-order valence-corrected chi connectivity index (χ0v) is 22.0. The number of Topliss-reactive ketones (excluding diaryl/α,β-unsaturated/α-hetero) is 1. The van der Waals surface area contributed by atoms with Gasteiger partial charge in [-0.1, -0.05) is 36.4 Å². The molecule has 1 saturated carbocycles. The maximum atomic E-state index is 14.3. The Morgan fingerprint density at radius 1 is 0.816 bits per heavy atom. The van der Waals surface area contributed by atoms with Gasteiger partial charge in [0.05, 0.1) is 33.4 Å². The molecular formula is C31H31NO6. The van der Waals surface area contributed by atoms with E-state index in [0.717, 1.165) is 16.7 Å². The summed E-state index contributed by atoms with van der Waals surface area (Å²) in [7, 11) is 4.80. The number of hydrogen-bond acceptors (Lipinski definition) is 7. The van der Waals surface area contributed by atoms with Gasteiger partial charge in [-0.25, -0.2) is 4.79 Å². The number of methoxy groups -OCH3 is 3. The second kappa shape index (κ2) is 9.97. The van der Waals surface area contributed by atoms with Crippen molar-refractivity contribution in [2.45, 2.75) is 36.1 Å². The summed E-state index contributed by atoms with van der Waals surface area (Å²) in [6.45, 7) is 1.98. The molecule has 7 heteroatoms. The van der Waals surface area contributed by atoms with Crippen LogP contribution in [0.2, 0.25) is 0 Å². The molecule has 1 aliphatic carbocycles. The highest BCUT2D eigenvalue weighted by atomic mass is 16.5. The number of fused-ring (bicyclic) bond motifs is 2. The van der Waals surface area contributed by atoms with E-state index in [1.165, 1.54) is 0 Å². The van der Waals surface area contributed by atoms with Crippen LogP contribution in [0.25, 0.3) is 0 Å². The normalized spacial score (nSPS) is 25.6. The molecule has 3 aromatic carbocycles. The van der Waals surface area contributed by atoms with Gasteiger partial charge >= 0.3 is 5.97 Å². The second-order valence-corrected chi connectivity index (χ2v) is 9.56. The second-order valence-electron chi connectivity index (χ2n) is 9.56. The van der Waals surface area contributed by atoms with Gasteiger partial charge in [0, 0.05) is 24.5 Å². The lowest BCUT2D eigenvalue weighted by molar-refractivity contribution is -0.153. The standard InChI is InChI=1S/C31H31NO6/c1-5-38-29(34)31-26(20-6-12-23(35-2)13-7-20)18-27(33)30(19-32-31,22-10-16-25(37-4)17-11-22)28(31)21-8-14-24(36-3)15-9-21/h6-17,19,26,28H,5,18H2,1-4H3/t26-,28+,30+,31+/m1/s1. The van der Waals surface area contributed by atoms with Gasteiger partial charge in [-0.3, -0.25) is 9.79 Å². The summed E-state index contributed by atoms with van der Waals surface area (Å²) < 4.78 is 21.8. The third kappa shape index (κ3) is 3.76.